The van der Waals surface area contributed by atoms with Crippen molar-refractivity contribution < 1.29 is 4.74 Å². The van der Waals surface area contributed by atoms with Gasteiger partial charge in [0.15, 0.2) is 0 Å². The van der Waals surface area contributed by atoms with Crippen LogP contribution >= 0.6 is 0 Å². The molecule has 0 amide bonds. The smallest absolute Gasteiger partial charge is 0.0658 e. The molecule has 1 aromatic rings. The Morgan fingerprint density at radius 2 is 1.95 bits per heavy atom. The van der Waals surface area contributed by atoms with Gasteiger partial charge in [-0.2, -0.15) is 0 Å². The quantitative estimate of drug-likeness (QED) is 0.748. The molecule has 1 N–H and O–H groups in total. The molecule has 0 spiro atoms. The van der Waals surface area contributed by atoms with Crippen molar-refractivity contribution in [3.8, 4) is 0 Å². The molecular weight excluding hydrogens is 258 g/mol. The molecule has 0 radical (unpaired) electrons. The summed E-state index contributed by atoms with van der Waals surface area (Å²) in [4.78, 5) is 0. The number of ether oxygens (including phenoxy) is 1. The molecule has 2 rings (SSSR count). The summed E-state index contributed by atoms with van der Waals surface area (Å²) < 4.78 is 5.92. The number of rotatable bonds is 8. The Kier molecular flexibility index (Phi) is 5.83. The Morgan fingerprint density at radius 3 is 2.52 bits per heavy atom. The van der Waals surface area contributed by atoms with Gasteiger partial charge in [-0.3, -0.25) is 0 Å². The number of hydrogen-bond acceptors (Lipinski definition) is 2. The molecule has 1 aliphatic rings. The zero-order chi connectivity index (χ0) is 15.3. The monoisotopic (exact) mass is 289 g/mol. The lowest BCUT2D eigenvalue weighted by atomic mass is 9.61. The van der Waals surface area contributed by atoms with E-state index < -0.39 is 0 Å². The van der Waals surface area contributed by atoms with Gasteiger partial charge in [0.25, 0.3) is 0 Å². The van der Waals surface area contributed by atoms with E-state index in [4.69, 9.17) is 4.74 Å². The van der Waals surface area contributed by atoms with Crippen LogP contribution in [0, 0.1) is 5.41 Å². The molecule has 0 heterocycles. The fraction of sp³-hybridized carbons (Fsp3) is 0.684. The Labute approximate surface area is 130 Å². The summed E-state index contributed by atoms with van der Waals surface area (Å²) in [7, 11) is 0. The molecule has 0 aromatic heterocycles. The third-order valence-corrected chi connectivity index (χ3v) is 5.29. The SMILES string of the molecule is CCCC(NC1CC(OCC)C1(C)CC)c1ccccc1. The van der Waals surface area contributed by atoms with Crippen LogP contribution in [-0.2, 0) is 4.74 Å². The summed E-state index contributed by atoms with van der Waals surface area (Å²) in [5, 5.41) is 3.92. The van der Waals surface area contributed by atoms with Gasteiger partial charge in [0, 0.05) is 24.1 Å². The van der Waals surface area contributed by atoms with Crippen molar-refractivity contribution in [2.45, 2.75) is 71.6 Å². The average molecular weight is 289 g/mol. The van der Waals surface area contributed by atoms with Gasteiger partial charge in [-0.1, -0.05) is 57.5 Å². The summed E-state index contributed by atoms with van der Waals surface area (Å²) in [6, 6.07) is 11.9. The van der Waals surface area contributed by atoms with Crippen LogP contribution in [0.25, 0.3) is 0 Å². The number of benzene rings is 1. The van der Waals surface area contributed by atoms with E-state index in [0.717, 1.165) is 13.0 Å². The fourth-order valence-electron chi connectivity index (χ4n) is 3.57. The van der Waals surface area contributed by atoms with Crippen molar-refractivity contribution in [2.75, 3.05) is 6.61 Å². The standard InChI is InChI=1S/C19H31NO/c1-5-11-16(15-12-9-8-10-13-15)20-17-14-18(21-7-3)19(17,4)6-2/h8-10,12-13,16-18,20H,5-7,11,14H2,1-4H3. The molecule has 4 atom stereocenters. The summed E-state index contributed by atoms with van der Waals surface area (Å²) in [5.41, 5.74) is 1.69. The Bertz CT molecular complexity index is 419. The maximum absolute atomic E-state index is 5.92. The van der Waals surface area contributed by atoms with Crippen molar-refractivity contribution in [3.63, 3.8) is 0 Å². The maximum Gasteiger partial charge on any atom is 0.0658 e. The van der Waals surface area contributed by atoms with Crippen molar-refractivity contribution in [1.82, 2.24) is 5.32 Å². The molecule has 0 aliphatic heterocycles. The normalized spacial score (nSPS) is 29.9. The van der Waals surface area contributed by atoms with Crippen molar-refractivity contribution in [1.29, 1.82) is 0 Å². The molecule has 0 saturated heterocycles. The molecule has 21 heavy (non-hydrogen) atoms. The second-order valence-electron chi connectivity index (χ2n) is 6.51. The van der Waals surface area contributed by atoms with E-state index in [9.17, 15) is 0 Å². The van der Waals surface area contributed by atoms with Crippen LogP contribution in [0.2, 0.25) is 0 Å². The molecule has 118 valence electrons. The zero-order valence-electron chi connectivity index (χ0n) is 14.1. The van der Waals surface area contributed by atoms with Gasteiger partial charge in [-0.15, -0.1) is 0 Å². The minimum absolute atomic E-state index is 0.275. The van der Waals surface area contributed by atoms with Crippen molar-refractivity contribution >= 4 is 0 Å². The van der Waals surface area contributed by atoms with Crippen LogP contribution in [0.1, 0.15) is 65.0 Å². The van der Waals surface area contributed by atoms with E-state index >= 15 is 0 Å². The second kappa shape index (κ2) is 7.42. The maximum atomic E-state index is 5.92. The molecule has 2 nitrogen and oxygen atoms in total. The van der Waals surface area contributed by atoms with Crippen LogP contribution in [0.5, 0.6) is 0 Å². The first-order chi connectivity index (χ1) is 10.2. The molecule has 0 bridgehead atoms. The third-order valence-electron chi connectivity index (χ3n) is 5.29. The van der Waals surface area contributed by atoms with Gasteiger partial charge in [0.2, 0.25) is 0 Å². The summed E-state index contributed by atoms with van der Waals surface area (Å²) in [5.74, 6) is 0. The first-order valence-electron chi connectivity index (χ1n) is 8.58. The highest BCUT2D eigenvalue weighted by atomic mass is 16.5. The van der Waals surface area contributed by atoms with E-state index in [1.807, 2.05) is 0 Å². The van der Waals surface area contributed by atoms with Crippen LogP contribution in [0.15, 0.2) is 30.3 Å². The van der Waals surface area contributed by atoms with Crippen molar-refractivity contribution in [2.24, 2.45) is 5.41 Å². The largest absolute Gasteiger partial charge is 0.378 e. The predicted molar refractivity (Wildman–Crippen MR) is 89.4 cm³/mol. The van der Waals surface area contributed by atoms with Gasteiger partial charge in [-0.05, 0) is 31.7 Å². The first kappa shape index (κ1) is 16.5. The highest BCUT2D eigenvalue weighted by Gasteiger charge is 2.51. The molecule has 2 heteroatoms. The minimum Gasteiger partial charge on any atom is -0.378 e. The second-order valence-corrected chi connectivity index (χ2v) is 6.51. The lowest BCUT2D eigenvalue weighted by molar-refractivity contribution is -0.128. The Morgan fingerprint density at radius 1 is 1.24 bits per heavy atom. The Balaban J connectivity index is 2.04. The van der Waals surface area contributed by atoms with Crippen LogP contribution in [0.4, 0.5) is 0 Å². The van der Waals surface area contributed by atoms with Crippen LogP contribution in [-0.4, -0.2) is 18.8 Å². The molecule has 1 aromatic carbocycles. The van der Waals surface area contributed by atoms with E-state index in [-0.39, 0.29) is 5.41 Å². The van der Waals surface area contributed by atoms with Crippen LogP contribution < -0.4 is 5.32 Å². The zero-order valence-corrected chi connectivity index (χ0v) is 14.1. The van der Waals surface area contributed by atoms with Gasteiger partial charge in [0.05, 0.1) is 6.10 Å². The van der Waals surface area contributed by atoms with E-state index in [0.29, 0.717) is 18.2 Å². The van der Waals surface area contributed by atoms with Crippen LogP contribution in [0.3, 0.4) is 0 Å². The molecule has 1 saturated carbocycles. The third kappa shape index (κ3) is 3.49. The lowest BCUT2D eigenvalue weighted by Gasteiger charge is -2.54. The van der Waals surface area contributed by atoms with Gasteiger partial charge in [-0.25, -0.2) is 0 Å². The summed E-state index contributed by atoms with van der Waals surface area (Å²) in [6.45, 7) is 9.85. The molecule has 1 fully saturated rings. The fourth-order valence-corrected chi connectivity index (χ4v) is 3.57. The Hall–Kier alpha value is -0.860. The number of nitrogens with one attached hydrogen (secondary N) is 1. The number of hydrogen-bond donors (Lipinski definition) is 1. The van der Waals surface area contributed by atoms with Gasteiger partial charge < -0.3 is 10.1 Å². The lowest BCUT2D eigenvalue weighted by Crippen LogP contribution is -2.62. The highest BCUT2D eigenvalue weighted by Crippen LogP contribution is 2.46. The molecule has 1 aliphatic carbocycles. The van der Waals surface area contributed by atoms with E-state index in [1.54, 1.807) is 0 Å². The first-order valence-corrected chi connectivity index (χ1v) is 8.58. The topological polar surface area (TPSA) is 21.3 Å². The van der Waals surface area contributed by atoms with E-state index in [2.05, 4.69) is 63.3 Å². The average Bonchev–Trinajstić information content (AvgIpc) is 2.53. The van der Waals surface area contributed by atoms with E-state index in [1.165, 1.54) is 24.8 Å². The predicted octanol–water partition coefficient (Wildman–Crippen LogP) is 4.71. The summed E-state index contributed by atoms with van der Waals surface area (Å²) in [6.07, 6.45) is 5.13. The highest BCUT2D eigenvalue weighted by molar-refractivity contribution is 5.20. The van der Waals surface area contributed by atoms with Gasteiger partial charge >= 0.3 is 0 Å². The molecular formula is C19H31NO. The summed E-state index contributed by atoms with van der Waals surface area (Å²) >= 11 is 0. The molecule has 4 unspecified atom stereocenters. The van der Waals surface area contributed by atoms with Gasteiger partial charge in [0.1, 0.15) is 0 Å². The minimum atomic E-state index is 0.275. The van der Waals surface area contributed by atoms with Crippen molar-refractivity contribution in [3.05, 3.63) is 35.9 Å².